The van der Waals surface area contributed by atoms with Crippen LogP contribution in [-0.4, -0.2) is 34.2 Å². The van der Waals surface area contributed by atoms with Crippen molar-refractivity contribution >= 4 is 16.9 Å². The summed E-state index contributed by atoms with van der Waals surface area (Å²) in [5.74, 6) is 2.09. The van der Waals surface area contributed by atoms with Crippen molar-refractivity contribution in [3.63, 3.8) is 0 Å². The third-order valence-electron chi connectivity index (χ3n) is 5.42. The molecular weight excluding hydrogens is 416 g/mol. The van der Waals surface area contributed by atoms with Crippen LogP contribution in [0.5, 0.6) is 11.5 Å². The van der Waals surface area contributed by atoms with Crippen LogP contribution in [0.4, 0.5) is 0 Å². The third-order valence-corrected chi connectivity index (χ3v) is 5.42. The first kappa shape index (κ1) is 22.3. The van der Waals surface area contributed by atoms with Crippen molar-refractivity contribution in [1.29, 1.82) is 0 Å². The lowest BCUT2D eigenvalue weighted by Crippen LogP contribution is -2.29. The molecule has 33 heavy (non-hydrogen) atoms. The van der Waals surface area contributed by atoms with Gasteiger partial charge in [0, 0.05) is 12.7 Å². The fourth-order valence-corrected chi connectivity index (χ4v) is 3.78. The monoisotopic (exact) mass is 444 g/mol. The predicted octanol–water partition coefficient (Wildman–Crippen LogP) is 4.79. The largest absolute Gasteiger partial charge is 0.493 e. The minimum atomic E-state index is -0.267. The number of amides is 1. The summed E-state index contributed by atoms with van der Waals surface area (Å²) in [6.07, 6.45) is 3.39. The number of aromatic nitrogens is 3. The standard InChI is InChI=1S/C26H28N4O3/c1-19(28-26(31)21-12-7-8-16-27-21)25-29-20-11-3-4-13-22(20)30(25)17-9-10-18-33-24-15-6-5-14-23(24)32-2/h3-8,11-16,19H,9-10,17-18H2,1-2H3,(H,28,31). The molecule has 0 aliphatic rings. The van der Waals surface area contributed by atoms with Crippen LogP contribution in [0.3, 0.4) is 0 Å². The Kier molecular flexibility index (Phi) is 7.19. The highest BCUT2D eigenvalue weighted by Crippen LogP contribution is 2.26. The van der Waals surface area contributed by atoms with E-state index >= 15 is 0 Å². The van der Waals surface area contributed by atoms with E-state index in [1.807, 2.05) is 49.4 Å². The van der Waals surface area contributed by atoms with Crippen molar-refractivity contribution in [3.05, 3.63) is 84.4 Å². The summed E-state index contributed by atoms with van der Waals surface area (Å²) in [6.45, 7) is 3.31. The average Bonchev–Trinajstić information content (AvgIpc) is 3.23. The van der Waals surface area contributed by atoms with Gasteiger partial charge in [0.1, 0.15) is 11.5 Å². The Morgan fingerprint density at radius 1 is 1.00 bits per heavy atom. The summed E-state index contributed by atoms with van der Waals surface area (Å²) >= 11 is 0. The highest BCUT2D eigenvalue weighted by Gasteiger charge is 2.19. The zero-order valence-electron chi connectivity index (χ0n) is 18.9. The first-order chi connectivity index (χ1) is 16.2. The molecular formula is C26H28N4O3. The first-order valence-electron chi connectivity index (χ1n) is 11.1. The fraction of sp³-hybridized carbons (Fsp3) is 0.269. The summed E-state index contributed by atoms with van der Waals surface area (Å²) in [5.41, 5.74) is 2.36. The topological polar surface area (TPSA) is 78.3 Å². The first-order valence-corrected chi connectivity index (χ1v) is 11.1. The number of fused-ring (bicyclic) bond motifs is 1. The van der Waals surface area contributed by atoms with E-state index in [4.69, 9.17) is 14.5 Å². The minimum Gasteiger partial charge on any atom is -0.493 e. The predicted molar refractivity (Wildman–Crippen MR) is 128 cm³/mol. The van der Waals surface area contributed by atoms with Crippen LogP contribution in [0.15, 0.2) is 72.9 Å². The molecule has 0 aliphatic carbocycles. The number of para-hydroxylation sites is 4. The SMILES string of the molecule is COc1ccccc1OCCCCn1c(C(C)NC(=O)c2ccccn2)nc2ccccc21. The van der Waals surface area contributed by atoms with Gasteiger partial charge in [0.2, 0.25) is 0 Å². The van der Waals surface area contributed by atoms with Gasteiger partial charge in [-0.25, -0.2) is 4.98 Å². The van der Waals surface area contributed by atoms with Crippen molar-refractivity contribution in [2.24, 2.45) is 0 Å². The van der Waals surface area contributed by atoms with Gasteiger partial charge >= 0.3 is 0 Å². The number of carbonyl (C=O) groups excluding carboxylic acids is 1. The number of pyridine rings is 1. The van der Waals surface area contributed by atoms with Gasteiger partial charge in [-0.05, 0) is 56.2 Å². The molecule has 2 heterocycles. The number of carbonyl (C=O) groups is 1. The number of benzene rings is 2. The van der Waals surface area contributed by atoms with Gasteiger partial charge in [-0.1, -0.05) is 30.3 Å². The normalized spacial score (nSPS) is 11.8. The molecule has 4 rings (SSSR count). The van der Waals surface area contributed by atoms with E-state index in [2.05, 4.69) is 20.9 Å². The second-order valence-electron chi connectivity index (χ2n) is 7.73. The van der Waals surface area contributed by atoms with E-state index in [1.165, 1.54) is 0 Å². The molecule has 1 unspecified atom stereocenters. The maximum absolute atomic E-state index is 12.6. The van der Waals surface area contributed by atoms with Gasteiger partial charge < -0.3 is 19.4 Å². The van der Waals surface area contributed by atoms with Gasteiger partial charge in [0.15, 0.2) is 11.5 Å². The molecule has 0 saturated carbocycles. The number of hydrogen-bond acceptors (Lipinski definition) is 5. The van der Waals surface area contributed by atoms with Gasteiger partial charge in [0.05, 0.1) is 30.8 Å². The molecule has 0 aliphatic heterocycles. The number of unbranched alkanes of at least 4 members (excludes halogenated alkanes) is 1. The third kappa shape index (κ3) is 5.31. The average molecular weight is 445 g/mol. The minimum absolute atomic E-state index is 0.216. The molecule has 7 nitrogen and oxygen atoms in total. The van der Waals surface area contributed by atoms with E-state index in [0.717, 1.165) is 47.7 Å². The number of nitrogens with zero attached hydrogens (tertiary/aromatic N) is 3. The zero-order chi connectivity index (χ0) is 23.0. The molecule has 1 N–H and O–H groups in total. The van der Waals surface area contributed by atoms with E-state index in [0.29, 0.717) is 12.3 Å². The Morgan fingerprint density at radius 2 is 1.76 bits per heavy atom. The van der Waals surface area contributed by atoms with Crippen molar-refractivity contribution in [2.75, 3.05) is 13.7 Å². The molecule has 1 atom stereocenters. The Balaban J connectivity index is 1.42. The highest BCUT2D eigenvalue weighted by atomic mass is 16.5. The summed E-state index contributed by atoms with van der Waals surface area (Å²) < 4.78 is 13.4. The van der Waals surface area contributed by atoms with Crippen LogP contribution in [0, 0.1) is 0 Å². The van der Waals surface area contributed by atoms with Crippen LogP contribution in [0.1, 0.15) is 42.1 Å². The number of methoxy groups -OCH3 is 1. The molecule has 0 radical (unpaired) electrons. The van der Waals surface area contributed by atoms with E-state index in [-0.39, 0.29) is 11.9 Å². The lowest BCUT2D eigenvalue weighted by Gasteiger charge is -2.16. The molecule has 7 heteroatoms. The van der Waals surface area contributed by atoms with E-state index in [9.17, 15) is 4.79 Å². The Hall–Kier alpha value is -3.87. The van der Waals surface area contributed by atoms with Crippen LogP contribution in [0.2, 0.25) is 0 Å². The Bertz CT molecular complexity index is 1210. The Morgan fingerprint density at radius 3 is 2.55 bits per heavy atom. The van der Waals surface area contributed by atoms with E-state index < -0.39 is 0 Å². The summed E-state index contributed by atoms with van der Waals surface area (Å²) in [5, 5.41) is 3.03. The molecule has 0 fully saturated rings. The molecule has 0 bridgehead atoms. The highest BCUT2D eigenvalue weighted by molar-refractivity contribution is 5.92. The number of ether oxygens (including phenoxy) is 2. The lowest BCUT2D eigenvalue weighted by molar-refractivity contribution is 0.0932. The number of rotatable bonds is 10. The van der Waals surface area contributed by atoms with Gasteiger partial charge in [0.25, 0.3) is 5.91 Å². The van der Waals surface area contributed by atoms with Crippen LogP contribution in [-0.2, 0) is 6.54 Å². The molecule has 0 saturated heterocycles. The number of nitrogens with one attached hydrogen (secondary N) is 1. The second-order valence-corrected chi connectivity index (χ2v) is 7.73. The number of imidazole rings is 1. The number of aryl methyl sites for hydroxylation is 1. The van der Waals surface area contributed by atoms with Crippen molar-refractivity contribution in [2.45, 2.75) is 32.4 Å². The number of hydrogen-bond donors (Lipinski definition) is 1. The smallest absolute Gasteiger partial charge is 0.270 e. The van der Waals surface area contributed by atoms with Crippen LogP contribution in [0.25, 0.3) is 11.0 Å². The molecule has 2 aromatic heterocycles. The summed E-state index contributed by atoms with van der Waals surface area (Å²) in [6, 6.07) is 20.7. The van der Waals surface area contributed by atoms with Gasteiger partial charge in [-0.3, -0.25) is 9.78 Å². The van der Waals surface area contributed by atoms with Crippen molar-refractivity contribution in [3.8, 4) is 11.5 Å². The quantitative estimate of drug-likeness (QED) is 0.356. The van der Waals surface area contributed by atoms with Gasteiger partial charge in [-0.15, -0.1) is 0 Å². The molecule has 1 amide bonds. The molecule has 4 aromatic rings. The fourth-order valence-electron chi connectivity index (χ4n) is 3.78. The second kappa shape index (κ2) is 10.6. The zero-order valence-corrected chi connectivity index (χ0v) is 18.9. The van der Waals surface area contributed by atoms with Crippen molar-refractivity contribution in [1.82, 2.24) is 19.9 Å². The summed E-state index contributed by atoms with van der Waals surface area (Å²) in [4.78, 5) is 21.5. The lowest BCUT2D eigenvalue weighted by atomic mass is 10.2. The molecule has 0 spiro atoms. The maximum atomic E-state index is 12.6. The maximum Gasteiger partial charge on any atom is 0.270 e. The molecule has 170 valence electrons. The van der Waals surface area contributed by atoms with E-state index in [1.54, 1.807) is 31.5 Å². The van der Waals surface area contributed by atoms with Crippen molar-refractivity contribution < 1.29 is 14.3 Å². The molecule has 2 aromatic carbocycles. The van der Waals surface area contributed by atoms with Crippen LogP contribution >= 0.6 is 0 Å². The van der Waals surface area contributed by atoms with Crippen LogP contribution < -0.4 is 14.8 Å². The Labute approximate surface area is 193 Å². The van der Waals surface area contributed by atoms with Gasteiger partial charge in [-0.2, -0.15) is 0 Å². The summed E-state index contributed by atoms with van der Waals surface area (Å²) in [7, 11) is 1.64.